The first-order valence-corrected chi connectivity index (χ1v) is 5.91. The van der Waals surface area contributed by atoms with Gasteiger partial charge in [0.05, 0.1) is 6.26 Å². The molecule has 0 atom stereocenters. The van der Waals surface area contributed by atoms with Crippen molar-refractivity contribution in [3.8, 4) is 5.75 Å². The van der Waals surface area contributed by atoms with E-state index in [2.05, 4.69) is 4.18 Å². The number of hydrogen-bond donors (Lipinski definition) is 1. The molecule has 8 nitrogen and oxygen atoms in total. The maximum atomic E-state index is 11.5. The van der Waals surface area contributed by atoms with Crippen molar-refractivity contribution in [1.82, 2.24) is 9.13 Å². The Morgan fingerprint density at radius 1 is 1.19 bits per heavy atom. The van der Waals surface area contributed by atoms with Crippen molar-refractivity contribution < 1.29 is 12.6 Å². The molecule has 0 saturated heterocycles. The van der Waals surface area contributed by atoms with Crippen LogP contribution in [0.5, 0.6) is 5.75 Å². The van der Waals surface area contributed by atoms with Crippen LogP contribution < -0.4 is 21.2 Å². The highest BCUT2D eigenvalue weighted by Gasteiger charge is 2.18. The molecule has 0 saturated carbocycles. The van der Waals surface area contributed by atoms with E-state index in [1.807, 2.05) is 0 Å². The van der Waals surface area contributed by atoms with Crippen LogP contribution in [0, 0.1) is 0 Å². The van der Waals surface area contributed by atoms with Crippen LogP contribution in [0.4, 0.5) is 5.82 Å². The van der Waals surface area contributed by atoms with Crippen LogP contribution in [-0.2, 0) is 24.2 Å². The van der Waals surface area contributed by atoms with E-state index in [1.54, 1.807) is 0 Å². The summed E-state index contributed by atoms with van der Waals surface area (Å²) >= 11 is 0. The molecule has 1 aromatic heterocycles. The molecule has 0 aliphatic rings. The molecule has 0 amide bonds. The number of rotatable bonds is 2. The summed E-state index contributed by atoms with van der Waals surface area (Å²) in [5.41, 5.74) is 3.86. The zero-order valence-electron chi connectivity index (χ0n) is 8.92. The molecule has 0 radical (unpaired) electrons. The van der Waals surface area contributed by atoms with Crippen LogP contribution in [0.3, 0.4) is 0 Å². The lowest BCUT2D eigenvalue weighted by atomic mass is 10.5. The highest BCUT2D eigenvalue weighted by atomic mass is 32.2. The normalized spacial score (nSPS) is 11.4. The van der Waals surface area contributed by atoms with Crippen LogP contribution in [0.1, 0.15) is 0 Å². The monoisotopic (exact) mass is 249 g/mol. The second-order valence-electron chi connectivity index (χ2n) is 3.21. The van der Waals surface area contributed by atoms with Gasteiger partial charge in [0.2, 0.25) is 5.75 Å². The minimum atomic E-state index is -3.88. The predicted octanol–water partition coefficient (Wildman–Crippen LogP) is -2.00. The van der Waals surface area contributed by atoms with Crippen molar-refractivity contribution in [2.24, 2.45) is 14.1 Å². The summed E-state index contributed by atoms with van der Waals surface area (Å²) in [6.07, 6.45) is 0.775. The van der Waals surface area contributed by atoms with Crippen LogP contribution in [-0.4, -0.2) is 23.8 Å². The van der Waals surface area contributed by atoms with Gasteiger partial charge in [0, 0.05) is 14.1 Å². The highest BCUT2D eigenvalue weighted by molar-refractivity contribution is 7.86. The lowest BCUT2D eigenvalue weighted by Crippen LogP contribution is -2.39. The van der Waals surface area contributed by atoms with Gasteiger partial charge >= 0.3 is 21.4 Å². The largest absolute Gasteiger partial charge is 0.382 e. The summed E-state index contributed by atoms with van der Waals surface area (Å²) in [5.74, 6) is -0.911. The van der Waals surface area contributed by atoms with E-state index in [0.29, 0.717) is 4.57 Å². The summed E-state index contributed by atoms with van der Waals surface area (Å²) in [7, 11) is -1.39. The number of nitrogens with two attached hydrogens (primary N) is 1. The first-order chi connectivity index (χ1) is 7.15. The van der Waals surface area contributed by atoms with Gasteiger partial charge in [-0.15, -0.1) is 0 Å². The molecule has 0 aliphatic carbocycles. The topological polar surface area (TPSA) is 113 Å². The molecular formula is C7H11N3O5S. The Bertz CT molecular complexity index is 639. The molecule has 1 heterocycles. The molecule has 0 bridgehead atoms. The summed E-state index contributed by atoms with van der Waals surface area (Å²) in [5, 5.41) is 0. The zero-order chi connectivity index (χ0) is 12.7. The average molecular weight is 249 g/mol. The van der Waals surface area contributed by atoms with E-state index in [-0.39, 0.29) is 5.82 Å². The third kappa shape index (κ3) is 2.08. The summed E-state index contributed by atoms with van der Waals surface area (Å²) < 4.78 is 27.9. The van der Waals surface area contributed by atoms with Gasteiger partial charge in [-0.05, 0) is 0 Å². The third-order valence-corrected chi connectivity index (χ3v) is 2.37. The van der Waals surface area contributed by atoms with Crippen molar-refractivity contribution >= 4 is 15.9 Å². The number of nitrogen functional groups attached to an aromatic ring is 1. The lowest BCUT2D eigenvalue weighted by Gasteiger charge is -2.10. The molecule has 16 heavy (non-hydrogen) atoms. The molecular weight excluding hydrogens is 238 g/mol. The number of anilines is 1. The molecule has 2 N–H and O–H groups in total. The maximum absolute atomic E-state index is 11.5. The SMILES string of the molecule is Cn1c(N)c(OS(C)(=O)=O)c(=O)n(C)c1=O. The second kappa shape index (κ2) is 3.67. The van der Waals surface area contributed by atoms with Crippen molar-refractivity contribution in [3.05, 3.63) is 20.8 Å². The van der Waals surface area contributed by atoms with Crippen molar-refractivity contribution in [2.45, 2.75) is 0 Å². The molecule has 1 aromatic rings. The van der Waals surface area contributed by atoms with Crippen molar-refractivity contribution in [2.75, 3.05) is 12.0 Å². The minimum Gasteiger partial charge on any atom is -0.382 e. The highest BCUT2D eigenvalue weighted by Crippen LogP contribution is 2.13. The van der Waals surface area contributed by atoms with E-state index in [9.17, 15) is 18.0 Å². The Balaban J connectivity index is 3.66. The van der Waals surface area contributed by atoms with Crippen LogP contribution in [0.15, 0.2) is 9.59 Å². The Hall–Kier alpha value is -1.77. The first-order valence-electron chi connectivity index (χ1n) is 4.10. The second-order valence-corrected chi connectivity index (χ2v) is 4.78. The average Bonchev–Trinajstić information content (AvgIpc) is 2.17. The van der Waals surface area contributed by atoms with E-state index in [1.165, 1.54) is 14.1 Å². The standard InChI is InChI=1S/C7H11N3O5S/c1-9-5(8)4(15-16(3,13)14)6(11)10(2)7(9)12/h8H2,1-3H3. The quantitative estimate of drug-likeness (QED) is 0.607. The fraction of sp³-hybridized carbons (Fsp3) is 0.429. The fourth-order valence-electron chi connectivity index (χ4n) is 1.06. The molecule has 0 aromatic carbocycles. The molecule has 90 valence electrons. The van der Waals surface area contributed by atoms with E-state index >= 15 is 0 Å². The number of aromatic nitrogens is 2. The molecule has 0 spiro atoms. The lowest BCUT2D eigenvalue weighted by molar-refractivity contribution is 0.480. The molecule has 0 unspecified atom stereocenters. The minimum absolute atomic E-state index is 0.335. The summed E-state index contributed by atoms with van der Waals surface area (Å²) in [6.45, 7) is 0. The van der Waals surface area contributed by atoms with Crippen LogP contribution in [0.25, 0.3) is 0 Å². The maximum Gasteiger partial charge on any atom is 0.332 e. The van der Waals surface area contributed by atoms with Gasteiger partial charge in [-0.25, -0.2) is 4.79 Å². The zero-order valence-corrected chi connectivity index (χ0v) is 9.74. The number of nitrogens with zero attached hydrogens (tertiary/aromatic N) is 2. The van der Waals surface area contributed by atoms with E-state index in [4.69, 9.17) is 5.73 Å². The molecule has 0 aliphatic heterocycles. The Morgan fingerprint density at radius 2 is 1.69 bits per heavy atom. The summed E-state index contributed by atoms with van der Waals surface area (Å²) in [6, 6.07) is 0. The van der Waals surface area contributed by atoms with Crippen LogP contribution >= 0.6 is 0 Å². The summed E-state index contributed by atoms with van der Waals surface area (Å²) in [4.78, 5) is 22.9. The van der Waals surface area contributed by atoms with Gasteiger partial charge in [-0.2, -0.15) is 8.42 Å². The van der Waals surface area contributed by atoms with Gasteiger partial charge in [0.25, 0.3) is 0 Å². The number of hydrogen-bond acceptors (Lipinski definition) is 6. The molecule has 9 heteroatoms. The van der Waals surface area contributed by atoms with Crippen molar-refractivity contribution in [3.63, 3.8) is 0 Å². The van der Waals surface area contributed by atoms with Gasteiger partial charge in [0.1, 0.15) is 0 Å². The molecule has 1 rings (SSSR count). The van der Waals surface area contributed by atoms with E-state index in [0.717, 1.165) is 10.8 Å². The van der Waals surface area contributed by atoms with Crippen LogP contribution in [0.2, 0.25) is 0 Å². The fourth-order valence-corrected chi connectivity index (χ4v) is 1.52. The Kier molecular flexibility index (Phi) is 2.82. The Morgan fingerprint density at radius 3 is 2.12 bits per heavy atom. The molecule has 0 fully saturated rings. The van der Waals surface area contributed by atoms with Gasteiger partial charge in [0.15, 0.2) is 5.82 Å². The van der Waals surface area contributed by atoms with Crippen molar-refractivity contribution in [1.29, 1.82) is 0 Å². The van der Waals surface area contributed by atoms with Gasteiger partial charge in [-0.1, -0.05) is 0 Å². The smallest absolute Gasteiger partial charge is 0.332 e. The van der Waals surface area contributed by atoms with Gasteiger partial charge in [-0.3, -0.25) is 13.9 Å². The van der Waals surface area contributed by atoms with E-state index < -0.39 is 27.1 Å². The Labute approximate surface area is 91.0 Å². The van der Waals surface area contributed by atoms with Gasteiger partial charge < -0.3 is 9.92 Å². The predicted molar refractivity (Wildman–Crippen MR) is 56.8 cm³/mol. The first kappa shape index (κ1) is 12.3. The third-order valence-electron chi connectivity index (χ3n) is 1.90.